The summed E-state index contributed by atoms with van der Waals surface area (Å²) in [4.78, 5) is 16.2. The Bertz CT molecular complexity index is 546. The molecule has 1 amide bonds. The summed E-state index contributed by atoms with van der Waals surface area (Å²) in [5.74, 6) is 0.993. The van der Waals surface area contributed by atoms with E-state index in [1.807, 2.05) is 13.8 Å². The Kier molecular flexibility index (Phi) is 4.95. The van der Waals surface area contributed by atoms with E-state index < -0.39 is 0 Å². The van der Waals surface area contributed by atoms with E-state index in [1.54, 1.807) is 29.8 Å². The second kappa shape index (κ2) is 6.91. The number of ether oxygens (including phenoxy) is 2. The molecule has 0 bridgehead atoms. The highest BCUT2D eigenvalue weighted by Crippen LogP contribution is 2.24. The fourth-order valence-electron chi connectivity index (χ4n) is 1.66. The lowest BCUT2D eigenvalue weighted by Crippen LogP contribution is -2.12. The number of thiazole rings is 1. The molecule has 0 aliphatic carbocycles. The van der Waals surface area contributed by atoms with E-state index in [1.165, 1.54) is 11.3 Å². The molecule has 0 saturated heterocycles. The van der Waals surface area contributed by atoms with Crippen LogP contribution in [-0.2, 0) is 0 Å². The third-order valence-electron chi connectivity index (χ3n) is 2.42. The lowest BCUT2D eigenvalue weighted by atomic mass is 10.2. The van der Waals surface area contributed by atoms with Gasteiger partial charge in [0.1, 0.15) is 11.5 Å². The van der Waals surface area contributed by atoms with Crippen molar-refractivity contribution >= 4 is 22.4 Å². The van der Waals surface area contributed by atoms with Crippen LogP contribution in [0.5, 0.6) is 11.5 Å². The van der Waals surface area contributed by atoms with Crippen molar-refractivity contribution in [3.05, 3.63) is 35.3 Å². The van der Waals surface area contributed by atoms with Crippen LogP contribution < -0.4 is 14.8 Å². The van der Waals surface area contributed by atoms with Gasteiger partial charge in [0.2, 0.25) is 0 Å². The van der Waals surface area contributed by atoms with Gasteiger partial charge >= 0.3 is 0 Å². The maximum Gasteiger partial charge on any atom is 0.257 e. The predicted molar refractivity (Wildman–Crippen MR) is 78.8 cm³/mol. The molecule has 1 N–H and O–H groups in total. The molecule has 0 fully saturated rings. The summed E-state index contributed by atoms with van der Waals surface area (Å²) >= 11 is 1.37. The minimum absolute atomic E-state index is 0.234. The normalized spacial score (nSPS) is 10.1. The third kappa shape index (κ3) is 3.71. The molecule has 0 atom stereocenters. The summed E-state index contributed by atoms with van der Waals surface area (Å²) in [7, 11) is 0. The second-order valence-electron chi connectivity index (χ2n) is 3.85. The third-order valence-corrected chi connectivity index (χ3v) is 3.11. The molecule has 1 aromatic heterocycles. The maximum atomic E-state index is 12.2. The van der Waals surface area contributed by atoms with Crippen molar-refractivity contribution in [2.45, 2.75) is 13.8 Å². The van der Waals surface area contributed by atoms with Gasteiger partial charge in [-0.1, -0.05) is 0 Å². The van der Waals surface area contributed by atoms with Gasteiger partial charge in [0, 0.05) is 23.2 Å². The Balaban J connectivity index is 2.22. The average molecular weight is 292 g/mol. The van der Waals surface area contributed by atoms with E-state index >= 15 is 0 Å². The van der Waals surface area contributed by atoms with Crippen LogP contribution >= 0.6 is 11.3 Å². The number of amides is 1. The molecule has 2 rings (SSSR count). The first-order chi connectivity index (χ1) is 9.72. The van der Waals surface area contributed by atoms with Crippen LogP contribution in [0.25, 0.3) is 0 Å². The maximum absolute atomic E-state index is 12.2. The Morgan fingerprint density at radius 2 is 1.85 bits per heavy atom. The Morgan fingerprint density at radius 3 is 2.35 bits per heavy atom. The minimum Gasteiger partial charge on any atom is -0.494 e. The highest BCUT2D eigenvalue weighted by Gasteiger charge is 2.11. The Morgan fingerprint density at radius 1 is 1.20 bits per heavy atom. The number of rotatable bonds is 6. The molecule has 6 heteroatoms. The van der Waals surface area contributed by atoms with Crippen molar-refractivity contribution in [3.63, 3.8) is 0 Å². The molecule has 1 heterocycles. The van der Waals surface area contributed by atoms with Crippen LogP contribution in [-0.4, -0.2) is 24.1 Å². The molecule has 0 aliphatic heterocycles. The zero-order valence-corrected chi connectivity index (χ0v) is 12.2. The standard InChI is InChI=1S/C14H16N2O3S/c1-3-18-11-7-10(8-12(9-11)19-4-2)13(17)16-14-15-5-6-20-14/h5-9H,3-4H2,1-2H3,(H,15,16,17). The molecule has 1 aromatic carbocycles. The van der Waals surface area contributed by atoms with Crippen molar-refractivity contribution in [1.82, 2.24) is 4.98 Å². The number of nitrogens with one attached hydrogen (secondary N) is 1. The molecule has 0 aliphatic rings. The van der Waals surface area contributed by atoms with Gasteiger partial charge in [0.25, 0.3) is 5.91 Å². The fraction of sp³-hybridized carbons (Fsp3) is 0.286. The van der Waals surface area contributed by atoms with Crippen molar-refractivity contribution in [2.75, 3.05) is 18.5 Å². The monoisotopic (exact) mass is 292 g/mol. The van der Waals surface area contributed by atoms with Crippen molar-refractivity contribution in [2.24, 2.45) is 0 Å². The number of benzene rings is 1. The van der Waals surface area contributed by atoms with Crippen LogP contribution in [0.2, 0.25) is 0 Å². The summed E-state index contributed by atoms with van der Waals surface area (Å²) in [6.45, 7) is 4.84. The molecule has 0 radical (unpaired) electrons. The van der Waals surface area contributed by atoms with Gasteiger partial charge in [-0.05, 0) is 26.0 Å². The van der Waals surface area contributed by atoms with Crippen LogP contribution in [0.1, 0.15) is 24.2 Å². The first kappa shape index (κ1) is 14.3. The molecule has 0 unspecified atom stereocenters. The number of hydrogen-bond acceptors (Lipinski definition) is 5. The van der Waals surface area contributed by atoms with Crippen LogP contribution in [0.15, 0.2) is 29.8 Å². The van der Waals surface area contributed by atoms with E-state index in [-0.39, 0.29) is 5.91 Å². The molecule has 5 nitrogen and oxygen atoms in total. The largest absolute Gasteiger partial charge is 0.494 e. The number of carbonyl (C=O) groups is 1. The van der Waals surface area contributed by atoms with Crippen LogP contribution in [0.3, 0.4) is 0 Å². The van der Waals surface area contributed by atoms with Crippen molar-refractivity contribution in [1.29, 1.82) is 0 Å². The van der Waals surface area contributed by atoms with E-state index in [0.29, 0.717) is 35.4 Å². The molecule has 0 spiro atoms. The van der Waals surface area contributed by atoms with Gasteiger partial charge in [-0.25, -0.2) is 4.98 Å². The number of aromatic nitrogens is 1. The minimum atomic E-state index is -0.234. The lowest BCUT2D eigenvalue weighted by molar-refractivity contribution is 0.102. The fourth-order valence-corrected chi connectivity index (χ4v) is 2.18. The number of carbonyl (C=O) groups excluding carboxylic acids is 1. The van der Waals surface area contributed by atoms with Crippen molar-refractivity contribution < 1.29 is 14.3 Å². The van der Waals surface area contributed by atoms with Crippen LogP contribution in [0.4, 0.5) is 5.13 Å². The molecule has 106 valence electrons. The number of hydrogen-bond donors (Lipinski definition) is 1. The zero-order valence-electron chi connectivity index (χ0n) is 11.4. The van der Waals surface area contributed by atoms with E-state index in [2.05, 4.69) is 10.3 Å². The highest BCUT2D eigenvalue weighted by atomic mass is 32.1. The Labute approximate surface area is 121 Å². The van der Waals surface area contributed by atoms with Crippen molar-refractivity contribution in [3.8, 4) is 11.5 Å². The first-order valence-electron chi connectivity index (χ1n) is 6.34. The molecular weight excluding hydrogens is 276 g/mol. The van der Waals surface area contributed by atoms with E-state index in [4.69, 9.17) is 9.47 Å². The van der Waals surface area contributed by atoms with Gasteiger partial charge < -0.3 is 9.47 Å². The molecular formula is C14H16N2O3S. The second-order valence-corrected chi connectivity index (χ2v) is 4.75. The van der Waals surface area contributed by atoms with Crippen LogP contribution in [0, 0.1) is 0 Å². The molecule has 2 aromatic rings. The zero-order chi connectivity index (χ0) is 14.4. The summed E-state index contributed by atoms with van der Waals surface area (Å²) in [5, 5.41) is 5.10. The van der Waals surface area contributed by atoms with Gasteiger partial charge in [-0.2, -0.15) is 0 Å². The summed E-state index contributed by atoms with van der Waals surface area (Å²) in [6.07, 6.45) is 1.64. The first-order valence-corrected chi connectivity index (χ1v) is 7.22. The quantitative estimate of drug-likeness (QED) is 0.888. The number of nitrogens with zero attached hydrogens (tertiary/aromatic N) is 1. The highest BCUT2D eigenvalue weighted by molar-refractivity contribution is 7.13. The SMILES string of the molecule is CCOc1cc(OCC)cc(C(=O)Nc2nccs2)c1. The van der Waals surface area contributed by atoms with E-state index in [0.717, 1.165) is 0 Å². The summed E-state index contributed by atoms with van der Waals surface area (Å²) in [5.41, 5.74) is 0.481. The molecule has 20 heavy (non-hydrogen) atoms. The average Bonchev–Trinajstić information content (AvgIpc) is 2.92. The van der Waals surface area contributed by atoms with Gasteiger partial charge in [-0.3, -0.25) is 10.1 Å². The topological polar surface area (TPSA) is 60.5 Å². The van der Waals surface area contributed by atoms with Gasteiger partial charge in [-0.15, -0.1) is 11.3 Å². The Hall–Kier alpha value is -2.08. The smallest absolute Gasteiger partial charge is 0.257 e. The summed E-state index contributed by atoms with van der Waals surface area (Å²) < 4.78 is 10.9. The summed E-state index contributed by atoms with van der Waals surface area (Å²) in [6, 6.07) is 5.15. The number of anilines is 1. The molecule has 0 saturated carbocycles. The predicted octanol–water partition coefficient (Wildman–Crippen LogP) is 3.19. The van der Waals surface area contributed by atoms with E-state index in [9.17, 15) is 4.79 Å². The van der Waals surface area contributed by atoms with Gasteiger partial charge in [0.05, 0.1) is 13.2 Å². The van der Waals surface area contributed by atoms with Gasteiger partial charge in [0.15, 0.2) is 5.13 Å². The lowest BCUT2D eigenvalue weighted by Gasteiger charge is -2.10.